The van der Waals surface area contributed by atoms with E-state index in [9.17, 15) is 9.59 Å². The Balaban J connectivity index is 2.12. The molecule has 0 radical (unpaired) electrons. The monoisotopic (exact) mass is 311 g/mol. The lowest BCUT2D eigenvalue weighted by Gasteiger charge is -2.19. The predicted molar refractivity (Wildman–Crippen MR) is 89.1 cm³/mol. The molecular weight excluding hydrogens is 290 g/mol. The Labute approximate surface area is 136 Å². The lowest BCUT2D eigenvalue weighted by Crippen LogP contribution is -2.44. The van der Waals surface area contributed by atoms with Crippen LogP contribution in [0.15, 0.2) is 60.7 Å². The van der Waals surface area contributed by atoms with Crippen molar-refractivity contribution in [3.63, 3.8) is 0 Å². The van der Waals surface area contributed by atoms with Gasteiger partial charge >= 0.3 is 5.97 Å². The third-order valence-electron chi connectivity index (χ3n) is 3.26. The van der Waals surface area contributed by atoms with Crippen LogP contribution in [0, 0.1) is 0 Å². The summed E-state index contributed by atoms with van der Waals surface area (Å²) in [6.07, 6.45) is 0.166. The molecule has 0 unspecified atom stereocenters. The fraction of sp³-hybridized carbons (Fsp3) is 0.263. The molecule has 1 N–H and O–H groups in total. The van der Waals surface area contributed by atoms with Crippen molar-refractivity contribution in [3.05, 3.63) is 71.8 Å². The van der Waals surface area contributed by atoms with Crippen LogP contribution in [0.1, 0.15) is 29.8 Å². The molecule has 2 aromatic carbocycles. The number of hydrogen-bond donors (Lipinski definition) is 1. The van der Waals surface area contributed by atoms with E-state index in [2.05, 4.69) is 5.32 Å². The fourth-order valence-corrected chi connectivity index (χ4v) is 2.19. The summed E-state index contributed by atoms with van der Waals surface area (Å²) in [5.41, 5.74) is 1.48. The molecule has 0 aliphatic carbocycles. The standard InChI is InChI=1S/C19H21NO3/c1-14(2)23-19(22)17(13-15-9-5-3-6-10-15)20-18(21)16-11-7-4-8-12-16/h3-12,14,17H,13H2,1-2H3,(H,20,21)/t17-/m0/s1. The van der Waals surface area contributed by atoms with E-state index >= 15 is 0 Å². The highest BCUT2D eigenvalue weighted by molar-refractivity contribution is 5.96. The number of ether oxygens (including phenoxy) is 1. The number of carbonyl (C=O) groups is 2. The van der Waals surface area contributed by atoms with Gasteiger partial charge in [-0.1, -0.05) is 48.5 Å². The Morgan fingerprint density at radius 1 is 0.957 bits per heavy atom. The van der Waals surface area contributed by atoms with Crippen LogP contribution in [-0.2, 0) is 16.0 Å². The zero-order valence-electron chi connectivity index (χ0n) is 13.4. The minimum atomic E-state index is -0.715. The van der Waals surface area contributed by atoms with Crippen LogP contribution in [-0.4, -0.2) is 24.0 Å². The molecular formula is C19H21NO3. The second-order valence-electron chi connectivity index (χ2n) is 5.57. The van der Waals surface area contributed by atoms with Crippen molar-refractivity contribution in [1.82, 2.24) is 5.32 Å². The first-order chi connectivity index (χ1) is 11.1. The summed E-state index contributed by atoms with van der Waals surface area (Å²) >= 11 is 0. The van der Waals surface area contributed by atoms with Gasteiger partial charge in [-0.15, -0.1) is 0 Å². The van der Waals surface area contributed by atoms with Crippen molar-refractivity contribution >= 4 is 11.9 Å². The zero-order valence-corrected chi connectivity index (χ0v) is 13.4. The van der Waals surface area contributed by atoms with Crippen molar-refractivity contribution in [3.8, 4) is 0 Å². The van der Waals surface area contributed by atoms with Crippen LogP contribution in [0.3, 0.4) is 0 Å². The highest BCUT2D eigenvalue weighted by Crippen LogP contribution is 2.08. The van der Waals surface area contributed by atoms with Crippen LogP contribution < -0.4 is 5.32 Å². The summed E-state index contributed by atoms with van der Waals surface area (Å²) in [7, 11) is 0. The number of benzene rings is 2. The molecule has 0 aliphatic heterocycles. The Morgan fingerprint density at radius 2 is 1.52 bits per heavy atom. The van der Waals surface area contributed by atoms with E-state index in [1.807, 2.05) is 36.4 Å². The molecule has 2 rings (SSSR count). The number of hydrogen-bond acceptors (Lipinski definition) is 3. The molecule has 0 heterocycles. The fourth-order valence-electron chi connectivity index (χ4n) is 2.19. The van der Waals surface area contributed by atoms with Gasteiger partial charge in [-0.2, -0.15) is 0 Å². The quantitative estimate of drug-likeness (QED) is 0.834. The first-order valence-corrected chi connectivity index (χ1v) is 7.66. The maximum atomic E-state index is 12.3. The Hall–Kier alpha value is -2.62. The van der Waals surface area contributed by atoms with E-state index in [1.165, 1.54) is 0 Å². The molecule has 0 aliphatic rings. The Kier molecular flexibility index (Phi) is 5.92. The lowest BCUT2D eigenvalue weighted by atomic mass is 10.1. The molecule has 0 saturated heterocycles. The average Bonchev–Trinajstić information content (AvgIpc) is 2.55. The number of esters is 1. The second-order valence-corrected chi connectivity index (χ2v) is 5.57. The van der Waals surface area contributed by atoms with Crippen molar-refractivity contribution in [2.45, 2.75) is 32.4 Å². The second kappa shape index (κ2) is 8.13. The van der Waals surface area contributed by atoms with Crippen LogP contribution in [0.5, 0.6) is 0 Å². The van der Waals surface area contributed by atoms with E-state index in [4.69, 9.17) is 4.74 Å². The zero-order chi connectivity index (χ0) is 16.7. The summed E-state index contributed by atoms with van der Waals surface area (Å²) in [5, 5.41) is 2.77. The highest BCUT2D eigenvalue weighted by atomic mass is 16.5. The van der Waals surface area contributed by atoms with E-state index in [-0.39, 0.29) is 12.0 Å². The van der Waals surface area contributed by atoms with Crippen LogP contribution >= 0.6 is 0 Å². The van der Waals surface area contributed by atoms with E-state index in [1.54, 1.807) is 38.1 Å². The SMILES string of the molecule is CC(C)OC(=O)[C@H](Cc1ccccc1)NC(=O)c1ccccc1. The molecule has 0 saturated carbocycles. The van der Waals surface area contributed by atoms with Gasteiger partial charge in [-0.05, 0) is 31.5 Å². The molecule has 4 nitrogen and oxygen atoms in total. The third-order valence-corrected chi connectivity index (χ3v) is 3.26. The molecule has 23 heavy (non-hydrogen) atoms. The molecule has 2 aromatic rings. The van der Waals surface area contributed by atoms with Crippen LogP contribution in [0.25, 0.3) is 0 Å². The smallest absolute Gasteiger partial charge is 0.329 e. The molecule has 0 bridgehead atoms. The first-order valence-electron chi connectivity index (χ1n) is 7.66. The number of amides is 1. The van der Waals surface area contributed by atoms with Crippen molar-refractivity contribution < 1.29 is 14.3 Å². The predicted octanol–water partition coefficient (Wildman–Crippen LogP) is 2.98. The van der Waals surface area contributed by atoms with Crippen molar-refractivity contribution in [1.29, 1.82) is 0 Å². The summed E-state index contributed by atoms with van der Waals surface area (Å²) < 4.78 is 5.27. The van der Waals surface area contributed by atoms with Gasteiger partial charge in [-0.25, -0.2) is 4.79 Å². The number of nitrogens with one attached hydrogen (secondary N) is 1. The molecule has 0 fully saturated rings. The van der Waals surface area contributed by atoms with Crippen LogP contribution in [0.4, 0.5) is 0 Å². The minimum absolute atomic E-state index is 0.227. The molecule has 0 spiro atoms. The third kappa shape index (κ3) is 5.25. The Morgan fingerprint density at radius 3 is 2.09 bits per heavy atom. The van der Waals surface area contributed by atoms with Crippen molar-refractivity contribution in [2.24, 2.45) is 0 Å². The summed E-state index contributed by atoms with van der Waals surface area (Å²) in [5.74, 6) is -0.708. The first kappa shape index (κ1) is 16.7. The minimum Gasteiger partial charge on any atom is -0.461 e. The molecule has 1 atom stereocenters. The van der Waals surface area contributed by atoms with Crippen molar-refractivity contribution in [2.75, 3.05) is 0 Å². The maximum Gasteiger partial charge on any atom is 0.329 e. The van der Waals surface area contributed by atoms with Crippen LogP contribution in [0.2, 0.25) is 0 Å². The van der Waals surface area contributed by atoms with E-state index in [0.29, 0.717) is 12.0 Å². The van der Waals surface area contributed by atoms with Gasteiger partial charge in [0.15, 0.2) is 0 Å². The maximum absolute atomic E-state index is 12.3. The molecule has 1 amide bonds. The average molecular weight is 311 g/mol. The number of carbonyl (C=O) groups excluding carboxylic acids is 2. The largest absolute Gasteiger partial charge is 0.461 e. The normalized spacial score (nSPS) is 11.8. The Bertz CT molecular complexity index is 638. The molecule has 0 aromatic heterocycles. The van der Waals surface area contributed by atoms with Gasteiger partial charge in [0.2, 0.25) is 0 Å². The molecule has 4 heteroatoms. The molecule has 120 valence electrons. The lowest BCUT2D eigenvalue weighted by molar-refractivity contribution is -0.149. The number of rotatable bonds is 6. The topological polar surface area (TPSA) is 55.4 Å². The van der Waals surface area contributed by atoms with Gasteiger partial charge in [-0.3, -0.25) is 4.79 Å². The summed E-state index contributed by atoms with van der Waals surface area (Å²) in [6, 6.07) is 17.7. The highest BCUT2D eigenvalue weighted by Gasteiger charge is 2.24. The summed E-state index contributed by atoms with van der Waals surface area (Å²) in [6.45, 7) is 3.58. The van der Waals surface area contributed by atoms with E-state index in [0.717, 1.165) is 5.56 Å². The van der Waals surface area contributed by atoms with Gasteiger partial charge in [0.1, 0.15) is 6.04 Å². The van der Waals surface area contributed by atoms with Gasteiger partial charge in [0.05, 0.1) is 6.10 Å². The summed E-state index contributed by atoms with van der Waals surface area (Å²) in [4.78, 5) is 24.6. The van der Waals surface area contributed by atoms with Gasteiger partial charge in [0.25, 0.3) is 5.91 Å². The van der Waals surface area contributed by atoms with Gasteiger partial charge in [0, 0.05) is 12.0 Å². The van der Waals surface area contributed by atoms with E-state index < -0.39 is 12.0 Å². The van der Waals surface area contributed by atoms with Gasteiger partial charge < -0.3 is 10.1 Å².